The van der Waals surface area contributed by atoms with Gasteiger partial charge < -0.3 is 5.32 Å². The smallest absolute Gasteiger partial charge is 0.245 e. The Balaban J connectivity index is 2.33. The number of carbonyl (C=O) groups excluding carboxylic acids is 1. The molecule has 0 fully saturated rings. The number of para-hydroxylation sites is 1. The van der Waals surface area contributed by atoms with Crippen molar-refractivity contribution in [2.24, 2.45) is 0 Å². The predicted octanol–water partition coefficient (Wildman–Crippen LogP) is 3.83. The molecule has 0 atom stereocenters. The summed E-state index contributed by atoms with van der Waals surface area (Å²) in [6.45, 7) is 7.56. The fraction of sp³-hybridized carbons (Fsp3) is 0.350. The Labute approximate surface area is 156 Å². The average Bonchev–Trinajstić information content (AvgIpc) is 2.55. The molecule has 5 nitrogen and oxygen atoms in total. The van der Waals surface area contributed by atoms with Gasteiger partial charge in [-0.2, -0.15) is 0 Å². The third kappa shape index (κ3) is 4.85. The van der Waals surface area contributed by atoms with Gasteiger partial charge in [0, 0.05) is 5.69 Å². The third-order valence-corrected chi connectivity index (χ3v) is 5.31. The first-order valence-electron chi connectivity index (χ1n) is 8.53. The van der Waals surface area contributed by atoms with Gasteiger partial charge >= 0.3 is 0 Å². The summed E-state index contributed by atoms with van der Waals surface area (Å²) >= 11 is 0. The number of hydrogen-bond donors (Lipinski definition) is 1. The van der Waals surface area contributed by atoms with E-state index < -0.39 is 10.0 Å². The molecule has 1 amide bonds. The van der Waals surface area contributed by atoms with E-state index in [9.17, 15) is 13.2 Å². The number of nitrogens with zero attached hydrogens (tertiary/aromatic N) is 1. The fourth-order valence-electron chi connectivity index (χ4n) is 2.77. The monoisotopic (exact) mass is 374 g/mol. The quantitative estimate of drug-likeness (QED) is 0.835. The summed E-state index contributed by atoms with van der Waals surface area (Å²) in [7, 11) is -3.61. The van der Waals surface area contributed by atoms with Crippen molar-refractivity contribution in [3.63, 3.8) is 0 Å². The largest absolute Gasteiger partial charge is 0.324 e. The molecule has 0 heterocycles. The van der Waals surface area contributed by atoms with Crippen LogP contribution in [0.15, 0.2) is 42.5 Å². The zero-order chi connectivity index (χ0) is 19.5. The zero-order valence-corrected chi connectivity index (χ0v) is 16.7. The van der Waals surface area contributed by atoms with Crippen molar-refractivity contribution in [3.05, 3.63) is 59.2 Å². The average molecular weight is 375 g/mol. The predicted molar refractivity (Wildman–Crippen MR) is 107 cm³/mol. The van der Waals surface area contributed by atoms with Gasteiger partial charge in [-0.25, -0.2) is 8.42 Å². The molecule has 0 radical (unpaired) electrons. The Kier molecular flexibility index (Phi) is 6.08. The van der Waals surface area contributed by atoms with Crippen LogP contribution in [0.25, 0.3) is 0 Å². The second kappa shape index (κ2) is 7.91. The minimum atomic E-state index is -3.61. The van der Waals surface area contributed by atoms with Gasteiger partial charge in [-0.15, -0.1) is 0 Å². The van der Waals surface area contributed by atoms with Crippen molar-refractivity contribution in [2.45, 2.75) is 33.6 Å². The highest BCUT2D eigenvalue weighted by molar-refractivity contribution is 7.92. The highest BCUT2D eigenvalue weighted by Gasteiger charge is 2.24. The summed E-state index contributed by atoms with van der Waals surface area (Å²) in [6.07, 6.45) is 1.12. The van der Waals surface area contributed by atoms with Gasteiger partial charge in [0.05, 0.1) is 11.9 Å². The number of rotatable bonds is 6. The molecule has 0 unspecified atom stereocenters. The molecule has 140 valence electrons. The molecule has 26 heavy (non-hydrogen) atoms. The second-order valence-electron chi connectivity index (χ2n) is 6.85. The number of carbonyl (C=O) groups is 1. The van der Waals surface area contributed by atoms with Gasteiger partial charge in [0.25, 0.3) is 0 Å². The lowest BCUT2D eigenvalue weighted by Crippen LogP contribution is -2.38. The maximum atomic E-state index is 12.6. The van der Waals surface area contributed by atoms with E-state index >= 15 is 0 Å². The SMILES string of the molecule is Cc1ccc(C)c(NC(=O)CN(c2ccccc2C(C)C)S(C)(=O)=O)c1. The van der Waals surface area contributed by atoms with Crippen LogP contribution in [0.1, 0.15) is 36.5 Å². The van der Waals surface area contributed by atoms with Crippen molar-refractivity contribution >= 4 is 27.3 Å². The molecule has 1 N–H and O–H groups in total. The molecular weight excluding hydrogens is 348 g/mol. The van der Waals surface area contributed by atoms with Crippen molar-refractivity contribution < 1.29 is 13.2 Å². The van der Waals surface area contributed by atoms with Crippen LogP contribution in [-0.2, 0) is 14.8 Å². The van der Waals surface area contributed by atoms with Crippen LogP contribution in [0, 0.1) is 13.8 Å². The highest BCUT2D eigenvalue weighted by Crippen LogP contribution is 2.29. The van der Waals surface area contributed by atoms with Crippen LogP contribution in [0.5, 0.6) is 0 Å². The molecule has 2 aromatic rings. The van der Waals surface area contributed by atoms with Gasteiger partial charge in [-0.05, 0) is 48.6 Å². The van der Waals surface area contributed by atoms with Crippen LogP contribution in [-0.4, -0.2) is 27.1 Å². The maximum absolute atomic E-state index is 12.6. The Morgan fingerprint density at radius 2 is 1.77 bits per heavy atom. The number of amides is 1. The van der Waals surface area contributed by atoms with E-state index in [2.05, 4.69) is 5.32 Å². The Bertz CT molecular complexity index is 905. The summed E-state index contributed by atoms with van der Waals surface area (Å²) in [5.41, 5.74) is 4.08. The van der Waals surface area contributed by atoms with Crippen LogP contribution in [0.4, 0.5) is 11.4 Å². The van der Waals surface area contributed by atoms with E-state index in [4.69, 9.17) is 0 Å². The van der Waals surface area contributed by atoms with Crippen molar-refractivity contribution in [1.82, 2.24) is 0 Å². The van der Waals surface area contributed by atoms with E-state index in [1.807, 2.05) is 58.0 Å². The highest BCUT2D eigenvalue weighted by atomic mass is 32.2. The number of anilines is 2. The van der Waals surface area contributed by atoms with E-state index in [-0.39, 0.29) is 18.4 Å². The van der Waals surface area contributed by atoms with E-state index in [1.54, 1.807) is 12.1 Å². The van der Waals surface area contributed by atoms with Crippen LogP contribution in [0.3, 0.4) is 0 Å². The van der Waals surface area contributed by atoms with Crippen molar-refractivity contribution in [3.8, 4) is 0 Å². The molecule has 0 spiro atoms. The van der Waals surface area contributed by atoms with Gasteiger partial charge in [-0.1, -0.05) is 44.2 Å². The van der Waals surface area contributed by atoms with Crippen LogP contribution >= 0.6 is 0 Å². The Morgan fingerprint density at radius 1 is 1.12 bits per heavy atom. The number of aryl methyl sites for hydroxylation is 2. The first-order chi connectivity index (χ1) is 12.1. The van der Waals surface area contributed by atoms with E-state index in [0.717, 1.165) is 22.9 Å². The number of nitrogens with one attached hydrogen (secondary N) is 1. The standard InChI is InChI=1S/C20H26N2O3S/c1-14(2)17-8-6-7-9-19(17)22(26(5,24)25)13-20(23)21-18-12-15(3)10-11-16(18)4/h6-12,14H,13H2,1-5H3,(H,21,23). The third-order valence-electron chi connectivity index (χ3n) is 4.18. The zero-order valence-electron chi connectivity index (χ0n) is 15.9. The number of benzene rings is 2. The lowest BCUT2D eigenvalue weighted by Gasteiger charge is -2.25. The summed E-state index contributed by atoms with van der Waals surface area (Å²) in [5, 5.41) is 2.83. The maximum Gasteiger partial charge on any atom is 0.245 e. The Hall–Kier alpha value is -2.34. The van der Waals surface area contributed by atoms with Gasteiger partial charge in [-0.3, -0.25) is 9.10 Å². The molecule has 2 aromatic carbocycles. The summed E-state index contributed by atoms with van der Waals surface area (Å²) in [5.74, 6) is -0.236. The fourth-order valence-corrected chi connectivity index (χ4v) is 3.65. The molecule has 6 heteroatoms. The topological polar surface area (TPSA) is 66.5 Å². The molecule has 0 aromatic heterocycles. The molecule has 0 saturated heterocycles. The molecule has 0 saturated carbocycles. The Morgan fingerprint density at radius 3 is 2.38 bits per heavy atom. The first-order valence-corrected chi connectivity index (χ1v) is 10.4. The minimum absolute atomic E-state index is 0.137. The number of hydrogen-bond acceptors (Lipinski definition) is 3. The molecule has 0 aliphatic carbocycles. The molecule has 0 aliphatic heterocycles. The molecule has 0 aliphatic rings. The second-order valence-corrected chi connectivity index (χ2v) is 8.76. The minimum Gasteiger partial charge on any atom is -0.324 e. The van der Waals surface area contributed by atoms with Gasteiger partial charge in [0.1, 0.15) is 6.54 Å². The molecule has 2 rings (SSSR count). The molecule has 0 bridgehead atoms. The molecular formula is C20H26N2O3S. The van der Waals surface area contributed by atoms with Gasteiger partial charge in [0.2, 0.25) is 15.9 Å². The lowest BCUT2D eigenvalue weighted by atomic mass is 10.0. The van der Waals surface area contributed by atoms with E-state index in [0.29, 0.717) is 11.4 Å². The number of sulfonamides is 1. The van der Waals surface area contributed by atoms with Crippen LogP contribution in [0.2, 0.25) is 0 Å². The summed E-state index contributed by atoms with van der Waals surface area (Å²) in [4.78, 5) is 12.6. The summed E-state index contributed by atoms with van der Waals surface area (Å²) < 4.78 is 25.9. The van der Waals surface area contributed by atoms with E-state index in [1.165, 1.54) is 4.31 Å². The lowest BCUT2D eigenvalue weighted by molar-refractivity contribution is -0.114. The normalized spacial score (nSPS) is 11.5. The summed E-state index contributed by atoms with van der Waals surface area (Å²) in [6, 6.07) is 13.0. The van der Waals surface area contributed by atoms with Crippen LogP contribution < -0.4 is 9.62 Å². The van der Waals surface area contributed by atoms with Crippen molar-refractivity contribution in [1.29, 1.82) is 0 Å². The van der Waals surface area contributed by atoms with Gasteiger partial charge in [0.15, 0.2) is 0 Å². The van der Waals surface area contributed by atoms with Crippen molar-refractivity contribution in [2.75, 3.05) is 22.4 Å². The first kappa shape index (κ1) is 20.0.